The molecule has 152 valence electrons. The molecule has 0 radical (unpaired) electrons. The average molecular weight is 499 g/mol. The van der Waals surface area contributed by atoms with Crippen LogP contribution in [0.15, 0.2) is 51.9 Å². The highest BCUT2D eigenvalue weighted by atomic mass is 79.9. The number of rotatable bonds is 5. The minimum absolute atomic E-state index is 0.231. The number of esters is 1. The van der Waals surface area contributed by atoms with Crippen LogP contribution < -0.4 is 10.2 Å². The van der Waals surface area contributed by atoms with Crippen LogP contribution in [0.1, 0.15) is 12.5 Å². The summed E-state index contributed by atoms with van der Waals surface area (Å²) in [7, 11) is 1.28. The molecule has 0 spiro atoms. The third-order valence-corrected chi connectivity index (χ3v) is 5.40. The Labute approximate surface area is 187 Å². The van der Waals surface area contributed by atoms with Gasteiger partial charge in [0, 0.05) is 20.9 Å². The number of halogens is 3. The number of amides is 1. The summed E-state index contributed by atoms with van der Waals surface area (Å²) < 4.78 is 5.60. The van der Waals surface area contributed by atoms with Gasteiger partial charge in [0.25, 0.3) is 5.91 Å². The molecule has 0 aliphatic carbocycles. The van der Waals surface area contributed by atoms with E-state index in [1.807, 2.05) is 24.3 Å². The normalized spacial score (nSPS) is 20.1. The maximum absolute atomic E-state index is 13.4. The van der Waals surface area contributed by atoms with Gasteiger partial charge in [0.2, 0.25) is 5.96 Å². The minimum atomic E-state index is -0.975. The molecule has 0 aromatic heterocycles. The number of anilines is 1. The van der Waals surface area contributed by atoms with Gasteiger partial charge < -0.3 is 10.1 Å². The van der Waals surface area contributed by atoms with Gasteiger partial charge in [-0.15, -0.1) is 0 Å². The maximum Gasteiger partial charge on any atom is 0.327 e. The van der Waals surface area contributed by atoms with Crippen LogP contribution in [-0.2, 0) is 20.7 Å². The van der Waals surface area contributed by atoms with E-state index in [9.17, 15) is 9.59 Å². The molecule has 1 N–H and O–H groups in total. The third-order valence-electron chi connectivity index (χ3n) is 4.44. The molecule has 1 saturated heterocycles. The van der Waals surface area contributed by atoms with Crippen molar-refractivity contribution >= 4 is 62.7 Å². The number of carbonyl (C=O) groups is 2. The van der Waals surface area contributed by atoms with E-state index in [2.05, 4.69) is 31.0 Å². The summed E-state index contributed by atoms with van der Waals surface area (Å²) in [5.74, 6) is -0.516. The lowest BCUT2D eigenvalue weighted by atomic mass is 9.93. The zero-order chi connectivity index (χ0) is 21.2. The van der Waals surface area contributed by atoms with Gasteiger partial charge in [-0.25, -0.2) is 9.89 Å². The first-order valence-electron chi connectivity index (χ1n) is 8.66. The van der Waals surface area contributed by atoms with Crippen molar-refractivity contribution in [2.24, 2.45) is 4.99 Å². The number of hydrogen-bond donors (Lipinski definition) is 1. The molecule has 9 heteroatoms. The molecule has 1 atom stereocenters. The number of carbonyl (C=O) groups excluding carboxylic acids is 2. The molecule has 1 aliphatic rings. The van der Waals surface area contributed by atoms with Crippen molar-refractivity contribution in [3.8, 4) is 0 Å². The first kappa shape index (κ1) is 21.6. The largest absolute Gasteiger partial charge is 0.468 e. The molecule has 6 nitrogen and oxygen atoms in total. The number of ether oxygens (including phenoxy) is 1. The van der Waals surface area contributed by atoms with Gasteiger partial charge in [-0.3, -0.25) is 9.59 Å². The van der Waals surface area contributed by atoms with Crippen molar-refractivity contribution in [1.82, 2.24) is 5.32 Å². The number of guanidine groups is 1. The second-order valence-corrected chi connectivity index (χ2v) is 8.53. The lowest BCUT2D eigenvalue weighted by Crippen LogP contribution is -2.46. The van der Waals surface area contributed by atoms with Gasteiger partial charge in [0.15, 0.2) is 0 Å². The summed E-state index contributed by atoms with van der Waals surface area (Å²) in [5, 5.41) is 3.93. The van der Waals surface area contributed by atoms with Crippen molar-refractivity contribution in [2.75, 3.05) is 18.6 Å². The Morgan fingerprint density at radius 3 is 2.41 bits per heavy atom. The fourth-order valence-electron chi connectivity index (χ4n) is 3.05. The van der Waals surface area contributed by atoms with Crippen LogP contribution in [0.3, 0.4) is 0 Å². The highest BCUT2D eigenvalue weighted by molar-refractivity contribution is 9.10. The zero-order valence-electron chi connectivity index (χ0n) is 15.7. The summed E-state index contributed by atoms with van der Waals surface area (Å²) in [4.78, 5) is 30.6. The Morgan fingerprint density at radius 2 is 1.83 bits per heavy atom. The van der Waals surface area contributed by atoms with E-state index in [1.165, 1.54) is 12.0 Å². The average Bonchev–Trinajstić information content (AvgIpc) is 2.91. The fraction of sp³-hybridized carbons (Fsp3) is 0.250. The molecule has 2 aromatic rings. The predicted octanol–water partition coefficient (Wildman–Crippen LogP) is 4.22. The van der Waals surface area contributed by atoms with E-state index in [1.54, 1.807) is 25.1 Å². The van der Waals surface area contributed by atoms with Crippen LogP contribution in [0.25, 0.3) is 0 Å². The summed E-state index contributed by atoms with van der Waals surface area (Å²) in [6.07, 6.45) is 0.418. The predicted molar refractivity (Wildman–Crippen MR) is 118 cm³/mol. The number of aliphatic imine (C=N–C) groups is 1. The zero-order valence-corrected chi connectivity index (χ0v) is 18.8. The molecule has 1 aliphatic heterocycles. The quantitative estimate of drug-likeness (QED) is 0.626. The molecule has 3 rings (SSSR count). The van der Waals surface area contributed by atoms with E-state index >= 15 is 0 Å². The van der Waals surface area contributed by atoms with Crippen molar-refractivity contribution < 1.29 is 14.3 Å². The molecule has 0 bridgehead atoms. The van der Waals surface area contributed by atoms with Gasteiger partial charge in [0.1, 0.15) is 12.1 Å². The number of benzene rings is 2. The highest BCUT2D eigenvalue weighted by Gasteiger charge is 2.47. The Hall–Kier alpha value is -2.09. The third kappa shape index (κ3) is 4.91. The van der Waals surface area contributed by atoms with Crippen molar-refractivity contribution in [1.29, 1.82) is 0 Å². The Kier molecular flexibility index (Phi) is 6.51. The number of hydrogen-bond acceptors (Lipinski definition) is 4. The SMILES string of the molecule is COC(=O)CN=C1NC(C)(Cc2ccc(Br)cc2)C(=O)N1c1cc(Cl)cc(Cl)c1. The van der Waals surface area contributed by atoms with E-state index in [0.717, 1.165) is 10.0 Å². The summed E-state index contributed by atoms with van der Waals surface area (Å²) in [6, 6.07) is 12.5. The Balaban J connectivity index is 1.99. The van der Waals surface area contributed by atoms with E-state index < -0.39 is 11.5 Å². The van der Waals surface area contributed by atoms with Crippen molar-refractivity contribution in [2.45, 2.75) is 18.9 Å². The van der Waals surface area contributed by atoms with E-state index in [0.29, 0.717) is 22.2 Å². The highest BCUT2D eigenvalue weighted by Crippen LogP contribution is 2.31. The molecule has 1 unspecified atom stereocenters. The van der Waals surface area contributed by atoms with E-state index in [-0.39, 0.29) is 18.4 Å². The van der Waals surface area contributed by atoms with Crippen LogP contribution in [-0.4, -0.2) is 37.0 Å². The summed E-state index contributed by atoms with van der Waals surface area (Å²) >= 11 is 15.7. The monoisotopic (exact) mass is 497 g/mol. The molecular formula is C20H18BrCl2N3O3. The van der Waals surface area contributed by atoms with Crippen LogP contribution in [0.2, 0.25) is 10.0 Å². The van der Waals surface area contributed by atoms with Gasteiger partial charge >= 0.3 is 5.97 Å². The first-order valence-corrected chi connectivity index (χ1v) is 10.2. The molecule has 2 aromatic carbocycles. The van der Waals surface area contributed by atoms with Crippen molar-refractivity contribution in [3.63, 3.8) is 0 Å². The van der Waals surface area contributed by atoms with E-state index in [4.69, 9.17) is 23.2 Å². The van der Waals surface area contributed by atoms with Crippen LogP contribution >= 0.6 is 39.1 Å². The van der Waals surface area contributed by atoms with Gasteiger partial charge in [-0.1, -0.05) is 51.3 Å². The topological polar surface area (TPSA) is 71.0 Å². The van der Waals surface area contributed by atoms with Crippen molar-refractivity contribution in [3.05, 3.63) is 62.5 Å². The second-order valence-electron chi connectivity index (χ2n) is 6.74. The minimum Gasteiger partial charge on any atom is -0.468 e. The molecule has 1 heterocycles. The van der Waals surface area contributed by atoms with Gasteiger partial charge in [-0.05, 0) is 42.8 Å². The standard InChI is InChI=1S/C20H18BrCl2N3O3/c1-20(10-12-3-5-13(21)6-4-12)18(28)26(16-8-14(22)7-15(23)9-16)19(25-20)24-11-17(27)29-2/h3-9H,10-11H2,1-2H3,(H,24,25). The van der Waals surface area contributed by atoms with Gasteiger partial charge in [-0.2, -0.15) is 0 Å². The maximum atomic E-state index is 13.4. The number of methoxy groups -OCH3 is 1. The fourth-order valence-corrected chi connectivity index (χ4v) is 3.83. The lowest BCUT2D eigenvalue weighted by molar-refractivity contribution is -0.138. The molecule has 1 fully saturated rings. The Morgan fingerprint density at radius 1 is 1.21 bits per heavy atom. The van der Waals surface area contributed by atoms with Gasteiger partial charge in [0.05, 0.1) is 12.8 Å². The lowest BCUT2D eigenvalue weighted by Gasteiger charge is -2.22. The van der Waals surface area contributed by atoms with Crippen LogP contribution in [0.4, 0.5) is 5.69 Å². The number of nitrogens with one attached hydrogen (secondary N) is 1. The van der Waals surface area contributed by atoms with Crippen LogP contribution in [0.5, 0.6) is 0 Å². The molecule has 1 amide bonds. The van der Waals surface area contributed by atoms with Crippen LogP contribution in [0, 0.1) is 0 Å². The first-order chi connectivity index (χ1) is 13.7. The summed E-state index contributed by atoms with van der Waals surface area (Å²) in [5.41, 5.74) is 0.454. The second kappa shape index (κ2) is 8.73. The molecular weight excluding hydrogens is 481 g/mol. The Bertz CT molecular complexity index is 961. The number of nitrogens with zero attached hydrogens (tertiary/aromatic N) is 2. The molecule has 29 heavy (non-hydrogen) atoms. The summed E-state index contributed by atoms with van der Waals surface area (Å²) in [6.45, 7) is 1.56. The smallest absolute Gasteiger partial charge is 0.327 e. The molecule has 0 saturated carbocycles.